The monoisotopic (exact) mass is 365 g/mol. The molecule has 0 unspecified atom stereocenters. The second-order valence-electron chi connectivity index (χ2n) is 5.95. The number of imidazole rings is 1. The molecule has 0 radical (unpaired) electrons. The lowest BCUT2D eigenvalue weighted by molar-refractivity contribution is -0.141. The predicted octanol–water partition coefficient (Wildman–Crippen LogP) is 5.51. The molecule has 0 aliphatic rings. The van der Waals surface area contributed by atoms with Gasteiger partial charge in [-0.15, -0.1) is 0 Å². The molecule has 0 saturated carbocycles. The van der Waals surface area contributed by atoms with E-state index in [1.807, 2.05) is 19.9 Å². The van der Waals surface area contributed by atoms with E-state index in [2.05, 4.69) is 9.97 Å². The first kappa shape index (κ1) is 19.8. The van der Waals surface area contributed by atoms with Crippen LogP contribution >= 0.6 is 0 Å². The number of rotatable bonds is 5. The number of pyridine rings is 1. The van der Waals surface area contributed by atoms with Crippen LogP contribution in [0.1, 0.15) is 38.7 Å². The molecule has 0 aliphatic heterocycles. The second-order valence-corrected chi connectivity index (χ2v) is 5.95. The number of methoxy groups -OCH3 is 1. The summed E-state index contributed by atoms with van der Waals surface area (Å²) in [7, 11) is 1.56. The maximum absolute atomic E-state index is 13.1. The topological polar surface area (TPSA) is 39.9 Å². The zero-order valence-corrected chi connectivity index (χ0v) is 15.5. The van der Waals surface area contributed by atoms with Crippen molar-refractivity contribution in [2.75, 3.05) is 7.11 Å². The van der Waals surface area contributed by atoms with Crippen LogP contribution < -0.4 is 0 Å². The number of hydrogen-bond donors (Lipinski definition) is 0. The maximum atomic E-state index is 13.1. The number of fused-ring (bicyclic) bond motifs is 1. The first-order valence-corrected chi connectivity index (χ1v) is 8.20. The first-order chi connectivity index (χ1) is 12.2. The van der Waals surface area contributed by atoms with Crippen LogP contribution in [0.4, 0.5) is 13.2 Å². The third-order valence-electron chi connectivity index (χ3n) is 3.98. The summed E-state index contributed by atoms with van der Waals surface area (Å²) in [6, 6.07) is 2.30. The van der Waals surface area contributed by atoms with Crippen molar-refractivity contribution in [3.05, 3.63) is 53.2 Å². The van der Waals surface area contributed by atoms with E-state index in [0.717, 1.165) is 18.1 Å². The summed E-state index contributed by atoms with van der Waals surface area (Å²) in [6.45, 7) is 7.51. The van der Waals surface area contributed by atoms with Crippen LogP contribution in [0, 0.1) is 6.92 Å². The predicted molar refractivity (Wildman–Crippen MR) is 96.4 cm³/mol. The van der Waals surface area contributed by atoms with Gasteiger partial charge in [0.25, 0.3) is 0 Å². The summed E-state index contributed by atoms with van der Waals surface area (Å²) in [4.78, 5) is 8.17. The van der Waals surface area contributed by atoms with E-state index in [1.165, 1.54) is 6.07 Å². The van der Waals surface area contributed by atoms with E-state index in [9.17, 15) is 13.2 Å². The molecule has 0 fully saturated rings. The lowest BCUT2D eigenvalue weighted by Gasteiger charge is -2.10. The molecule has 2 heterocycles. The quantitative estimate of drug-likeness (QED) is 0.518. The Kier molecular flexibility index (Phi) is 5.90. The number of nitrogens with zero attached hydrogens (tertiary/aromatic N) is 3. The van der Waals surface area contributed by atoms with Gasteiger partial charge in [-0.05, 0) is 57.6 Å². The molecule has 4 nitrogen and oxygen atoms in total. The fraction of sp³-hybridized carbons (Fsp3) is 0.368. The van der Waals surface area contributed by atoms with E-state index in [0.29, 0.717) is 22.8 Å². The van der Waals surface area contributed by atoms with Gasteiger partial charge in [-0.3, -0.25) is 4.57 Å². The summed E-state index contributed by atoms with van der Waals surface area (Å²) in [6.07, 6.45) is 1.76. The minimum absolute atomic E-state index is 0.173. The maximum Gasteiger partial charge on any atom is 0.433 e. The number of alkyl halides is 3. The number of ether oxygens (including phenoxy) is 1. The fourth-order valence-electron chi connectivity index (χ4n) is 2.35. The van der Waals surface area contributed by atoms with Crippen molar-refractivity contribution in [2.24, 2.45) is 0 Å². The molecule has 0 aromatic carbocycles. The molecule has 0 saturated heterocycles. The summed E-state index contributed by atoms with van der Waals surface area (Å²) in [5, 5.41) is 0. The van der Waals surface area contributed by atoms with E-state index in [4.69, 9.17) is 4.74 Å². The molecule has 0 amide bonds. The molecular formula is C19H22F3N3O. The van der Waals surface area contributed by atoms with Crippen LogP contribution in [0.25, 0.3) is 16.9 Å². The highest BCUT2D eigenvalue weighted by molar-refractivity contribution is 5.79. The molecule has 26 heavy (non-hydrogen) atoms. The minimum Gasteiger partial charge on any atom is -0.501 e. The highest BCUT2D eigenvalue weighted by atomic mass is 19.4. The van der Waals surface area contributed by atoms with Gasteiger partial charge in [-0.2, -0.15) is 13.2 Å². The minimum atomic E-state index is -4.51. The molecule has 0 aliphatic carbocycles. The molecule has 2 rings (SSSR count). The standard InChI is InChI=1S/C19H22F3N3O/c1-6-12(2)11-15(8-7-13(3)26-5)25-14(4)23-16-9-10-17(19(20,21)22)24-18(16)25/h7-11H,6H2,1-5H3/b12-11+,13-7+,15-8+. The van der Waals surface area contributed by atoms with Crippen LogP contribution in [-0.2, 0) is 10.9 Å². The lowest BCUT2D eigenvalue weighted by Crippen LogP contribution is -2.09. The van der Waals surface area contributed by atoms with Crippen molar-refractivity contribution >= 4 is 16.9 Å². The van der Waals surface area contributed by atoms with Gasteiger partial charge >= 0.3 is 6.18 Å². The Morgan fingerprint density at radius 3 is 2.46 bits per heavy atom. The van der Waals surface area contributed by atoms with Crippen LogP contribution in [0.5, 0.6) is 0 Å². The van der Waals surface area contributed by atoms with E-state index >= 15 is 0 Å². The molecule has 0 atom stereocenters. The van der Waals surface area contributed by atoms with Crippen molar-refractivity contribution in [3.8, 4) is 0 Å². The van der Waals surface area contributed by atoms with E-state index in [-0.39, 0.29) is 5.65 Å². The van der Waals surface area contributed by atoms with Gasteiger partial charge in [0.15, 0.2) is 5.65 Å². The Morgan fingerprint density at radius 1 is 1.19 bits per heavy atom. The highest BCUT2D eigenvalue weighted by Gasteiger charge is 2.33. The van der Waals surface area contributed by atoms with Gasteiger partial charge in [-0.25, -0.2) is 9.97 Å². The van der Waals surface area contributed by atoms with Crippen LogP contribution in [0.3, 0.4) is 0 Å². The van der Waals surface area contributed by atoms with E-state index in [1.54, 1.807) is 37.7 Å². The summed E-state index contributed by atoms with van der Waals surface area (Å²) in [5.41, 5.74) is 1.40. The van der Waals surface area contributed by atoms with Crippen molar-refractivity contribution in [1.29, 1.82) is 0 Å². The number of halogens is 3. The normalized spacial score (nSPS) is 14.2. The number of allylic oxidation sites excluding steroid dienone is 6. The average molecular weight is 365 g/mol. The number of aromatic nitrogens is 3. The van der Waals surface area contributed by atoms with Crippen molar-refractivity contribution in [3.63, 3.8) is 0 Å². The Morgan fingerprint density at radius 2 is 1.88 bits per heavy atom. The fourth-order valence-corrected chi connectivity index (χ4v) is 2.35. The molecule has 0 bridgehead atoms. The number of aryl methyl sites for hydroxylation is 1. The van der Waals surface area contributed by atoms with Gasteiger partial charge in [-0.1, -0.05) is 12.5 Å². The van der Waals surface area contributed by atoms with Crippen molar-refractivity contribution in [1.82, 2.24) is 14.5 Å². The van der Waals surface area contributed by atoms with Gasteiger partial charge in [0, 0.05) is 5.70 Å². The smallest absolute Gasteiger partial charge is 0.433 e. The summed E-state index contributed by atoms with van der Waals surface area (Å²) >= 11 is 0. The van der Waals surface area contributed by atoms with Gasteiger partial charge in [0.05, 0.1) is 12.9 Å². The largest absolute Gasteiger partial charge is 0.501 e. The Hall–Kier alpha value is -2.57. The molecule has 0 spiro atoms. The zero-order chi connectivity index (χ0) is 19.5. The van der Waals surface area contributed by atoms with Crippen LogP contribution in [-0.4, -0.2) is 21.6 Å². The SMILES string of the molecule is CC/C(C)=C/C(=C\C=C(/C)OC)n1c(C)nc2ccc(C(F)(F)F)nc21. The highest BCUT2D eigenvalue weighted by Crippen LogP contribution is 2.30. The zero-order valence-electron chi connectivity index (χ0n) is 15.5. The molecule has 2 aromatic rings. The van der Waals surface area contributed by atoms with Gasteiger partial charge in [0.2, 0.25) is 0 Å². The lowest BCUT2D eigenvalue weighted by atomic mass is 10.2. The summed E-state index contributed by atoms with van der Waals surface area (Å²) < 4.78 is 46.0. The molecule has 7 heteroatoms. The van der Waals surface area contributed by atoms with Crippen molar-refractivity contribution < 1.29 is 17.9 Å². The second kappa shape index (κ2) is 7.76. The first-order valence-electron chi connectivity index (χ1n) is 8.20. The van der Waals surface area contributed by atoms with Gasteiger partial charge in [0.1, 0.15) is 17.0 Å². The van der Waals surface area contributed by atoms with Gasteiger partial charge < -0.3 is 4.74 Å². The Balaban J connectivity index is 2.74. The molecular weight excluding hydrogens is 343 g/mol. The average Bonchev–Trinajstić information content (AvgIpc) is 2.92. The molecule has 2 aromatic heterocycles. The van der Waals surface area contributed by atoms with Crippen LogP contribution in [0.15, 0.2) is 41.7 Å². The Labute approximate surface area is 150 Å². The van der Waals surface area contributed by atoms with Crippen LogP contribution in [0.2, 0.25) is 0 Å². The molecule has 140 valence electrons. The van der Waals surface area contributed by atoms with Crippen molar-refractivity contribution in [2.45, 2.75) is 40.3 Å². The molecule has 0 N–H and O–H groups in total. The number of hydrogen-bond acceptors (Lipinski definition) is 3. The third-order valence-corrected chi connectivity index (χ3v) is 3.98. The summed E-state index contributed by atoms with van der Waals surface area (Å²) in [5.74, 6) is 1.23. The third kappa shape index (κ3) is 4.33. The van der Waals surface area contributed by atoms with E-state index < -0.39 is 11.9 Å². The Bertz CT molecular complexity index is 889.